The highest BCUT2D eigenvalue weighted by Gasteiger charge is 1.96. The molecule has 3 N–H and O–H groups in total. The molecule has 0 aromatic carbocycles. The molecule has 1 aromatic heterocycles. The van der Waals surface area contributed by atoms with Gasteiger partial charge in [0.2, 0.25) is 0 Å². The number of rotatable bonds is 3. The summed E-state index contributed by atoms with van der Waals surface area (Å²) in [6.07, 6.45) is 0.349. The van der Waals surface area contributed by atoms with E-state index in [9.17, 15) is 4.79 Å². The number of hydrazine groups is 1. The van der Waals surface area contributed by atoms with Crippen molar-refractivity contribution in [1.29, 1.82) is 0 Å². The van der Waals surface area contributed by atoms with Crippen LogP contribution in [-0.2, 0) is 6.54 Å². The second kappa shape index (κ2) is 3.57. The van der Waals surface area contributed by atoms with E-state index in [-0.39, 0.29) is 6.54 Å². The molecule has 0 bridgehead atoms. The first kappa shape index (κ1) is 7.55. The summed E-state index contributed by atoms with van der Waals surface area (Å²) in [7, 11) is 0. The van der Waals surface area contributed by atoms with Gasteiger partial charge >= 0.3 is 6.09 Å². The Morgan fingerprint density at radius 3 is 3.18 bits per heavy atom. The highest BCUT2D eigenvalue weighted by molar-refractivity contribution is 5.63. The molecule has 0 aliphatic rings. The van der Waals surface area contributed by atoms with Gasteiger partial charge in [-0.15, -0.1) is 0 Å². The fourth-order valence-corrected chi connectivity index (χ4v) is 0.540. The average molecular weight is 157 g/mol. The topological polar surface area (TPSA) is 87.4 Å². The van der Waals surface area contributed by atoms with Gasteiger partial charge in [0, 0.05) is 6.07 Å². The predicted molar refractivity (Wildman–Crippen MR) is 34.5 cm³/mol. The van der Waals surface area contributed by atoms with Crippen LogP contribution in [0, 0.1) is 0 Å². The lowest BCUT2D eigenvalue weighted by Crippen LogP contribution is -2.35. The Balaban J connectivity index is 2.19. The fourth-order valence-electron chi connectivity index (χ4n) is 0.540. The van der Waals surface area contributed by atoms with Gasteiger partial charge in [-0.3, -0.25) is 5.43 Å². The van der Waals surface area contributed by atoms with Crippen molar-refractivity contribution in [3.8, 4) is 0 Å². The van der Waals surface area contributed by atoms with E-state index >= 15 is 0 Å². The number of nitrogens with one attached hydrogen (secondary N) is 2. The van der Waals surface area contributed by atoms with E-state index < -0.39 is 6.09 Å². The van der Waals surface area contributed by atoms with Gasteiger partial charge in [0.25, 0.3) is 0 Å². The first-order valence-corrected chi connectivity index (χ1v) is 2.90. The molecular weight excluding hydrogens is 150 g/mol. The summed E-state index contributed by atoms with van der Waals surface area (Å²) in [4.78, 5) is 9.91. The molecule has 6 heteroatoms. The van der Waals surface area contributed by atoms with E-state index in [1.807, 2.05) is 5.43 Å². The number of amides is 1. The second-order valence-corrected chi connectivity index (χ2v) is 1.76. The van der Waals surface area contributed by atoms with Crippen LogP contribution in [-0.4, -0.2) is 16.4 Å². The van der Waals surface area contributed by atoms with Crippen LogP contribution in [0.1, 0.15) is 5.76 Å². The zero-order valence-corrected chi connectivity index (χ0v) is 5.57. The molecule has 1 aromatic rings. The van der Waals surface area contributed by atoms with Crippen LogP contribution in [0.5, 0.6) is 0 Å². The van der Waals surface area contributed by atoms with E-state index in [0.717, 1.165) is 0 Å². The van der Waals surface area contributed by atoms with Crippen molar-refractivity contribution in [2.75, 3.05) is 0 Å². The molecule has 0 atom stereocenters. The number of carboxylic acid groups (broad SMARTS) is 1. The van der Waals surface area contributed by atoms with Gasteiger partial charge in [0.1, 0.15) is 0 Å². The minimum absolute atomic E-state index is 0.284. The van der Waals surface area contributed by atoms with E-state index in [2.05, 4.69) is 15.1 Å². The highest BCUT2D eigenvalue weighted by atomic mass is 16.5. The third-order valence-corrected chi connectivity index (χ3v) is 0.949. The number of hydrogen-bond acceptors (Lipinski definition) is 4. The number of nitrogens with zero attached hydrogens (tertiary/aromatic N) is 1. The van der Waals surface area contributed by atoms with E-state index in [1.54, 1.807) is 6.07 Å². The monoisotopic (exact) mass is 157 g/mol. The quantitative estimate of drug-likeness (QED) is 0.535. The SMILES string of the molecule is O=C(O)NNCc1ccno1. The summed E-state index contributed by atoms with van der Waals surface area (Å²) in [5, 5.41) is 11.6. The summed E-state index contributed by atoms with van der Waals surface area (Å²) in [5.41, 5.74) is 4.37. The van der Waals surface area contributed by atoms with Gasteiger partial charge < -0.3 is 9.63 Å². The van der Waals surface area contributed by atoms with Gasteiger partial charge in [0.05, 0.1) is 12.7 Å². The van der Waals surface area contributed by atoms with Gasteiger partial charge in [-0.05, 0) is 0 Å². The zero-order chi connectivity index (χ0) is 8.10. The van der Waals surface area contributed by atoms with E-state index in [4.69, 9.17) is 5.11 Å². The largest absolute Gasteiger partial charge is 0.464 e. The molecule has 0 unspecified atom stereocenters. The Bertz CT molecular complexity index is 221. The maximum absolute atomic E-state index is 9.91. The van der Waals surface area contributed by atoms with Gasteiger partial charge in [0.15, 0.2) is 5.76 Å². The van der Waals surface area contributed by atoms with Gasteiger partial charge in [-0.1, -0.05) is 5.16 Å². The number of carbonyl (C=O) groups is 1. The zero-order valence-electron chi connectivity index (χ0n) is 5.57. The molecule has 1 amide bonds. The molecule has 0 radical (unpaired) electrons. The molecule has 0 saturated carbocycles. The summed E-state index contributed by atoms with van der Waals surface area (Å²) in [6, 6.07) is 1.64. The number of aromatic nitrogens is 1. The van der Waals surface area contributed by atoms with Crippen LogP contribution >= 0.6 is 0 Å². The Morgan fingerprint density at radius 2 is 2.64 bits per heavy atom. The fraction of sp³-hybridized carbons (Fsp3) is 0.200. The van der Waals surface area contributed by atoms with Crippen LogP contribution in [0.2, 0.25) is 0 Å². The van der Waals surface area contributed by atoms with Gasteiger partial charge in [-0.2, -0.15) is 0 Å². The maximum atomic E-state index is 9.91. The first-order valence-electron chi connectivity index (χ1n) is 2.90. The van der Waals surface area contributed by atoms with Crippen molar-refractivity contribution in [2.45, 2.75) is 6.54 Å². The molecule has 0 aliphatic carbocycles. The molecule has 0 aliphatic heterocycles. The van der Waals surface area contributed by atoms with Crippen molar-refractivity contribution in [3.05, 3.63) is 18.0 Å². The number of hydrogen-bond donors (Lipinski definition) is 3. The van der Waals surface area contributed by atoms with Crippen LogP contribution in [0.4, 0.5) is 4.79 Å². The standard InChI is InChI=1S/C5H7N3O3/c9-5(10)8-6-3-4-1-2-7-11-4/h1-2,6,8H,3H2,(H,9,10). The maximum Gasteiger partial charge on any atom is 0.419 e. The third kappa shape index (κ3) is 2.67. The molecule has 0 saturated heterocycles. The van der Waals surface area contributed by atoms with Crippen LogP contribution in [0.25, 0.3) is 0 Å². The summed E-state index contributed by atoms with van der Waals surface area (Å²) >= 11 is 0. The molecule has 1 rings (SSSR count). The summed E-state index contributed by atoms with van der Waals surface area (Å²) < 4.78 is 4.67. The van der Waals surface area contributed by atoms with Crippen molar-refractivity contribution in [3.63, 3.8) is 0 Å². The van der Waals surface area contributed by atoms with E-state index in [1.165, 1.54) is 6.20 Å². The van der Waals surface area contributed by atoms with Crippen LogP contribution in [0.15, 0.2) is 16.8 Å². The first-order chi connectivity index (χ1) is 5.29. The molecule has 6 nitrogen and oxygen atoms in total. The van der Waals surface area contributed by atoms with Crippen molar-refractivity contribution < 1.29 is 14.4 Å². The molecule has 11 heavy (non-hydrogen) atoms. The molecule has 0 fully saturated rings. The Labute approximate surface area is 62.2 Å². The summed E-state index contributed by atoms with van der Waals surface area (Å²) in [5.74, 6) is 0.568. The average Bonchev–Trinajstić information content (AvgIpc) is 2.39. The minimum Gasteiger partial charge on any atom is -0.464 e. The lowest BCUT2D eigenvalue weighted by molar-refractivity contribution is 0.188. The Kier molecular flexibility index (Phi) is 2.45. The predicted octanol–water partition coefficient (Wildman–Crippen LogP) is -0.0532. The lowest BCUT2D eigenvalue weighted by Gasteiger charge is -1.98. The molecule has 1 heterocycles. The second-order valence-electron chi connectivity index (χ2n) is 1.76. The normalized spacial score (nSPS) is 9.45. The molecular formula is C5H7N3O3. The van der Waals surface area contributed by atoms with Crippen molar-refractivity contribution >= 4 is 6.09 Å². The van der Waals surface area contributed by atoms with Crippen molar-refractivity contribution in [2.24, 2.45) is 0 Å². The Morgan fingerprint density at radius 1 is 1.82 bits per heavy atom. The highest BCUT2D eigenvalue weighted by Crippen LogP contribution is 1.93. The smallest absolute Gasteiger partial charge is 0.419 e. The minimum atomic E-state index is -1.13. The molecule has 0 spiro atoms. The van der Waals surface area contributed by atoms with E-state index in [0.29, 0.717) is 5.76 Å². The lowest BCUT2D eigenvalue weighted by atomic mass is 10.5. The van der Waals surface area contributed by atoms with Crippen LogP contribution in [0.3, 0.4) is 0 Å². The third-order valence-electron chi connectivity index (χ3n) is 0.949. The Hall–Kier alpha value is -1.56. The van der Waals surface area contributed by atoms with Gasteiger partial charge in [-0.25, -0.2) is 10.2 Å². The van der Waals surface area contributed by atoms with Crippen molar-refractivity contribution in [1.82, 2.24) is 16.0 Å². The molecule has 60 valence electrons. The summed E-state index contributed by atoms with van der Waals surface area (Å²) in [6.45, 7) is 0.284. The van der Waals surface area contributed by atoms with Crippen LogP contribution < -0.4 is 10.9 Å².